The first kappa shape index (κ1) is 39.6. The summed E-state index contributed by atoms with van der Waals surface area (Å²) in [5.74, 6) is 1.45. The number of imidazole rings is 1. The number of fused-ring (bicyclic) bond motifs is 6. The Bertz CT molecular complexity index is 2310. The predicted octanol–water partition coefficient (Wildman–Crippen LogP) is 11.3. The van der Waals surface area contributed by atoms with Gasteiger partial charge in [-0.3, -0.25) is 14.6 Å². The molecule has 0 spiro atoms. The van der Waals surface area contributed by atoms with Gasteiger partial charge < -0.3 is 19.8 Å². The molecule has 3 heterocycles. The molecule has 10 nitrogen and oxygen atoms in total. The van der Waals surface area contributed by atoms with Crippen molar-refractivity contribution in [1.82, 2.24) is 19.8 Å². The molecule has 3 aromatic carbocycles. The molecule has 4 aromatic rings. The number of amides is 3. The maximum atomic E-state index is 14.1. The van der Waals surface area contributed by atoms with E-state index >= 15 is 0 Å². The van der Waals surface area contributed by atoms with Gasteiger partial charge in [-0.15, -0.1) is 0 Å². The molecule has 5 aliphatic rings. The van der Waals surface area contributed by atoms with Gasteiger partial charge in [0.2, 0.25) is 5.91 Å². The third kappa shape index (κ3) is 7.28. The fourth-order valence-electron chi connectivity index (χ4n) is 11.1. The van der Waals surface area contributed by atoms with E-state index in [9.17, 15) is 14.4 Å². The smallest absolute Gasteiger partial charge is 0.411 e. The van der Waals surface area contributed by atoms with E-state index in [-0.39, 0.29) is 35.5 Å². The number of H-pyrrole nitrogens is 1. The number of ether oxygens (including phenoxy) is 2. The molecule has 2 aliphatic heterocycles. The van der Waals surface area contributed by atoms with Crippen LogP contribution in [-0.2, 0) is 19.7 Å². The van der Waals surface area contributed by atoms with E-state index in [1.165, 1.54) is 17.5 Å². The van der Waals surface area contributed by atoms with E-state index in [2.05, 4.69) is 72.7 Å². The Morgan fingerprint density at radius 3 is 1.95 bits per heavy atom. The Morgan fingerprint density at radius 1 is 0.712 bits per heavy atom. The van der Waals surface area contributed by atoms with Crippen molar-refractivity contribution in [2.24, 2.45) is 11.8 Å². The number of hydrogen-bond donors (Lipinski definition) is 2. The Morgan fingerprint density at radius 2 is 1.27 bits per heavy atom. The number of nitrogens with zero attached hydrogens (tertiary/aromatic N) is 3. The number of anilines is 1. The van der Waals surface area contributed by atoms with Crippen LogP contribution in [0.15, 0.2) is 54.6 Å². The van der Waals surface area contributed by atoms with Gasteiger partial charge in [0.25, 0.3) is 0 Å². The molecule has 312 valence electrons. The third-order valence-corrected chi connectivity index (χ3v) is 13.8. The number of nitrogens with one attached hydrogen (secondary N) is 2. The van der Waals surface area contributed by atoms with Gasteiger partial charge in [0.15, 0.2) is 0 Å². The molecule has 2 N–H and O–H groups in total. The second-order valence-electron chi connectivity index (χ2n) is 20.5. The molecule has 3 amide bonds. The summed E-state index contributed by atoms with van der Waals surface area (Å²) in [5.41, 5.74) is 8.00. The molecule has 0 unspecified atom stereocenters. The number of aromatic nitrogens is 2. The highest BCUT2D eigenvalue weighted by Crippen LogP contribution is 2.51. The first-order valence-electron chi connectivity index (χ1n) is 22.1. The number of likely N-dealkylation sites (tertiary alicyclic amines) is 2. The van der Waals surface area contributed by atoms with Crippen molar-refractivity contribution in [3.05, 3.63) is 71.5 Å². The highest BCUT2D eigenvalue weighted by molar-refractivity contribution is 5.98. The summed E-state index contributed by atoms with van der Waals surface area (Å²) in [6.45, 7) is 15.9. The number of aromatic amines is 1. The van der Waals surface area contributed by atoms with E-state index in [1.807, 2.05) is 52.5 Å². The summed E-state index contributed by atoms with van der Waals surface area (Å²) in [7, 11) is 0. The van der Waals surface area contributed by atoms with Crippen LogP contribution in [0.1, 0.15) is 143 Å². The zero-order valence-corrected chi connectivity index (χ0v) is 36.1. The van der Waals surface area contributed by atoms with Crippen molar-refractivity contribution < 1.29 is 23.9 Å². The van der Waals surface area contributed by atoms with Crippen LogP contribution in [0, 0.1) is 11.8 Å². The number of rotatable bonds is 4. The van der Waals surface area contributed by atoms with E-state index in [4.69, 9.17) is 14.5 Å². The minimum atomic E-state index is -0.637. The molecule has 0 bridgehead atoms. The lowest BCUT2D eigenvalue weighted by molar-refractivity contribution is -0.120. The molecule has 2 saturated carbocycles. The van der Waals surface area contributed by atoms with E-state index in [1.54, 1.807) is 4.90 Å². The number of benzene rings is 3. The molecule has 4 fully saturated rings. The van der Waals surface area contributed by atoms with Gasteiger partial charge in [-0.2, -0.15) is 0 Å². The minimum absolute atomic E-state index is 0.0409. The minimum Gasteiger partial charge on any atom is -0.444 e. The topological polar surface area (TPSA) is 117 Å². The Balaban J connectivity index is 0.954. The highest BCUT2D eigenvalue weighted by atomic mass is 16.6. The lowest BCUT2D eigenvalue weighted by Crippen LogP contribution is -2.49. The van der Waals surface area contributed by atoms with E-state index in [0.717, 1.165) is 96.2 Å². The Kier molecular flexibility index (Phi) is 9.67. The molecular weight excluding hydrogens is 739 g/mol. The molecule has 59 heavy (non-hydrogen) atoms. The van der Waals surface area contributed by atoms with Crippen molar-refractivity contribution >= 4 is 34.8 Å². The van der Waals surface area contributed by atoms with Crippen molar-refractivity contribution in [2.45, 2.75) is 160 Å². The van der Waals surface area contributed by atoms with Crippen LogP contribution in [0.3, 0.4) is 0 Å². The van der Waals surface area contributed by atoms with Gasteiger partial charge in [0, 0.05) is 23.2 Å². The third-order valence-electron chi connectivity index (χ3n) is 13.8. The summed E-state index contributed by atoms with van der Waals surface area (Å²) < 4.78 is 11.8. The van der Waals surface area contributed by atoms with E-state index in [0.29, 0.717) is 18.3 Å². The van der Waals surface area contributed by atoms with Gasteiger partial charge in [-0.05, 0) is 156 Å². The fraction of sp³-hybridized carbons (Fsp3) is 0.551. The number of hydrogen-bond acceptors (Lipinski definition) is 6. The second kappa shape index (κ2) is 14.4. The Labute approximate surface area is 348 Å². The largest absolute Gasteiger partial charge is 0.444 e. The van der Waals surface area contributed by atoms with Gasteiger partial charge in [0.05, 0.1) is 17.1 Å². The SMILES string of the molecule is CC(C)(C)OC(=O)N1[C@H](C(=O)Nc2ccc3c(c2)C(C)(C)c2cc(-c4ccc5nc([C@@H]6C[C@@H]7CCCC[C@@H]7N6C(=O)OC(C)(C)C)[nH]c5c4)ccc2-3)C[C@@H]2CCCC[C@@H]21. The molecule has 3 aliphatic carbocycles. The lowest BCUT2D eigenvalue weighted by atomic mass is 9.81. The summed E-state index contributed by atoms with van der Waals surface area (Å²) in [6, 6.07) is 18.8. The average Bonchev–Trinajstić information content (AvgIpc) is 3.93. The summed E-state index contributed by atoms with van der Waals surface area (Å²) in [4.78, 5) is 53.7. The number of carbonyl (C=O) groups is 3. The molecule has 1 aromatic heterocycles. The fourth-order valence-corrected chi connectivity index (χ4v) is 11.1. The van der Waals surface area contributed by atoms with Crippen LogP contribution in [-0.4, -0.2) is 67.2 Å². The zero-order valence-electron chi connectivity index (χ0n) is 36.1. The standard InChI is InChI=1S/C49H61N5O5/c1-47(2,3)58-45(56)53-39-15-11-9-13-30(39)25-41(53)43-51-37-22-18-29(24-38(37)52-43)28-17-20-33-34-21-19-32(27-36(34)49(7,8)35(33)23-28)50-44(55)42-26-31-14-10-12-16-40(31)54(42)46(57)59-48(4,5)6/h17-24,27,30-31,39-42H,9-16,25-26H2,1-8H3,(H,50,55)(H,51,52)/t30-,31-,39-,40-,41-,42-/m0/s1. The van der Waals surface area contributed by atoms with E-state index < -0.39 is 23.3 Å². The zero-order chi connectivity index (χ0) is 41.6. The van der Waals surface area contributed by atoms with Gasteiger partial charge >= 0.3 is 12.2 Å². The second-order valence-corrected chi connectivity index (χ2v) is 20.5. The van der Waals surface area contributed by atoms with Crippen LogP contribution in [0.4, 0.5) is 15.3 Å². The predicted molar refractivity (Wildman–Crippen MR) is 231 cm³/mol. The average molecular weight is 800 g/mol. The normalized spacial score (nSPS) is 25.9. The monoisotopic (exact) mass is 799 g/mol. The van der Waals surface area contributed by atoms with Crippen molar-refractivity contribution in [3.8, 4) is 22.3 Å². The van der Waals surface area contributed by atoms with Crippen LogP contribution < -0.4 is 5.32 Å². The molecule has 6 atom stereocenters. The summed E-state index contributed by atoms with van der Waals surface area (Å²) in [6.07, 6.45) is 9.55. The molecule has 0 radical (unpaired) electrons. The lowest BCUT2D eigenvalue weighted by Gasteiger charge is -2.34. The van der Waals surface area contributed by atoms with Crippen molar-refractivity contribution in [1.29, 1.82) is 0 Å². The van der Waals surface area contributed by atoms with Crippen molar-refractivity contribution in [3.63, 3.8) is 0 Å². The molecule has 10 heteroatoms. The first-order chi connectivity index (χ1) is 27.9. The molecule has 2 saturated heterocycles. The maximum absolute atomic E-state index is 14.1. The van der Waals surface area contributed by atoms with Crippen LogP contribution in [0.25, 0.3) is 33.3 Å². The molecule has 9 rings (SSSR count). The van der Waals surface area contributed by atoms with Crippen molar-refractivity contribution in [2.75, 3.05) is 5.32 Å². The van der Waals surface area contributed by atoms with Crippen LogP contribution >= 0.6 is 0 Å². The van der Waals surface area contributed by atoms with Crippen LogP contribution in [0.2, 0.25) is 0 Å². The van der Waals surface area contributed by atoms with Gasteiger partial charge in [-0.25, -0.2) is 14.6 Å². The summed E-state index contributed by atoms with van der Waals surface area (Å²) >= 11 is 0. The first-order valence-corrected chi connectivity index (χ1v) is 22.1. The molecular formula is C49H61N5O5. The van der Waals surface area contributed by atoms with Gasteiger partial charge in [0.1, 0.15) is 23.1 Å². The summed E-state index contributed by atoms with van der Waals surface area (Å²) in [5, 5.41) is 3.22. The quantitative estimate of drug-likeness (QED) is 0.212. The van der Waals surface area contributed by atoms with Crippen LogP contribution in [0.5, 0.6) is 0 Å². The highest BCUT2D eigenvalue weighted by Gasteiger charge is 2.50. The maximum Gasteiger partial charge on any atom is 0.411 e. The Hall–Kier alpha value is -4.86. The van der Waals surface area contributed by atoms with Gasteiger partial charge in [-0.1, -0.05) is 63.8 Å². The number of carbonyl (C=O) groups excluding carboxylic acids is 3.